The first-order valence-electron chi connectivity index (χ1n) is 5.56. The zero-order valence-corrected chi connectivity index (χ0v) is 10.5. The van der Waals surface area contributed by atoms with Crippen molar-refractivity contribution in [1.82, 2.24) is 14.5 Å². The van der Waals surface area contributed by atoms with Crippen LogP contribution in [0, 0.1) is 12.0 Å². The Balaban J connectivity index is 2.04. The van der Waals surface area contributed by atoms with Crippen LogP contribution in [0.1, 0.15) is 5.56 Å². The molecule has 3 aromatic rings. The number of rotatable bonds is 0. The van der Waals surface area contributed by atoms with E-state index in [4.69, 9.17) is 11.6 Å². The first kappa shape index (κ1) is 11.6. The van der Waals surface area contributed by atoms with Crippen LogP contribution in [0.4, 0.5) is 0 Å². The molecule has 0 unspecified atom stereocenters. The van der Waals surface area contributed by atoms with Crippen LogP contribution in [0.2, 0.25) is 5.02 Å². The fourth-order valence-electron chi connectivity index (χ4n) is 1.68. The lowest BCUT2D eigenvalue weighted by Gasteiger charge is -1.94. The molecule has 0 spiro atoms. The van der Waals surface area contributed by atoms with E-state index in [0.29, 0.717) is 16.1 Å². The van der Waals surface area contributed by atoms with Gasteiger partial charge in [-0.2, -0.15) is 0 Å². The molecule has 0 aliphatic carbocycles. The number of benzene rings is 1. The molecule has 19 heavy (non-hydrogen) atoms. The maximum Gasteiger partial charge on any atom is 0.274 e. The Morgan fingerprint density at radius 2 is 2.00 bits per heavy atom. The van der Waals surface area contributed by atoms with Crippen molar-refractivity contribution in [3.8, 4) is 12.0 Å². The van der Waals surface area contributed by atoms with Gasteiger partial charge in [-0.15, -0.1) is 0 Å². The predicted octanol–water partition coefficient (Wildman–Crippen LogP) is 2.24. The normalized spacial score (nSPS) is 10.2. The summed E-state index contributed by atoms with van der Waals surface area (Å²) in [6.45, 7) is 0. The molecule has 0 bridgehead atoms. The largest absolute Gasteiger partial charge is 0.346 e. The van der Waals surface area contributed by atoms with Gasteiger partial charge in [-0.25, -0.2) is 9.55 Å². The van der Waals surface area contributed by atoms with E-state index in [1.807, 2.05) is 0 Å². The van der Waals surface area contributed by atoms with Gasteiger partial charge in [-0.3, -0.25) is 4.79 Å². The van der Waals surface area contributed by atoms with E-state index in [9.17, 15) is 4.79 Å². The van der Waals surface area contributed by atoms with Gasteiger partial charge in [0.1, 0.15) is 12.0 Å². The third kappa shape index (κ3) is 2.24. The Morgan fingerprint density at radius 1 is 1.21 bits per heavy atom. The molecular formula is C14H8ClN3O. The first-order chi connectivity index (χ1) is 9.24. The van der Waals surface area contributed by atoms with Gasteiger partial charge in [-0.05, 0) is 36.3 Å². The maximum absolute atomic E-state index is 12.0. The summed E-state index contributed by atoms with van der Waals surface area (Å²) in [6.07, 6.45) is 3.08. The van der Waals surface area contributed by atoms with E-state index >= 15 is 0 Å². The smallest absolute Gasteiger partial charge is 0.274 e. The van der Waals surface area contributed by atoms with Crippen LogP contribution in [-0.2, 0) is 0 Å². The van der Waals surface area contributed by atoms with Crippen LogP contribution in [-0.4, -0.2) is 14.5 Å². The SMILES string of the molecule is O=c1c2cc[nH]c2ncn1C#Cc1ccc(Cl)cc1. The number of nitrogens with zero attached hydrogens (tertiary/aromatic N) is 2. The molecule has 0 amide bonds. The molecule has 1 N–H and O–H groups in total. The average Bonchev–Trinajstić information content (AvgIpc) is 2.89. The number of aromatic nitrogens is 3. The third-order valence-corrected chi connectivity index (χ3v) is 2.89. The summed E-state index contributed by atoms with van der Waals surface area (Å²) in [7, 11) is 0. The van der Waals surface area contributed by atoms with Gasteiger partial charge in [0.2, 0.25) is 0 Å². The van der Waals surface area contributed by atoms with Gasteiger partial charge in [0.15, 0.2) is 0 Å². The minimum absolute atomic E-state index is 0.187. The van der Waals surface area contributed by atoms with Crippen molar-refractivity contribution in [2.75, 3.05) is 0 Å². The zero-order chi connectivity index (χ0) is 13.2. The van der Waals surface area contributed by atoms with Crippen molar-refractivity contribution in [2.45, 2.75) is 0 Å². The number of aromatic amines is 1. The molecule has 3 rings (SSSR count). The Bertz CT molecular complexity index is 850. The van der Waals surface area contributed by atoms with Crippen molar-refractivity contribution in [2.24, 2.45) is 0 Å². The van der Waals surface area contributed by atoms with E-state index in [-0.39, 0.29) is 5.56 Å². The summed E-state index contributed by atoms with van der Waals surface area (Å²) in [4.78, 5) is 19.0. The molecule has 2 aromatic heterocycles. The topological polar surface area (TPSA) is 50.7 Å². The van der Waals surface area contributed by atoms with Gasteiger partial charge >= 0.3 is 0 Å². The number of nitrogens with one attached hydrogen (secondary N) is 1. The van der Waals surface area contributed by atoms with Gasteiger partial charge in [-0.1, -0.05) is 11.6 Å². The van der Waals surface area contributed by atoms with Crippen molar-refractivity contribution >= 4 is 22.6 Å². The van der Waals surface area contributed by atoms with Crippen LogP contribution < -0.4 is 5.56 Å². The fourth-order valence-corrected chi connectivity index (χ4v) is 1.80. The average molecular weight is 270 g/mol. The van der Waals surface area contributed by atoms with Gasteiger partial charge in [0, 0.05) is 22.8 Å². The summed E-state index contributed by atoms with van der Waals surface area (Å²) in [5.41, 5.74) is 1.16. The molecule has 0 aliphatic heterocycles. The van der Waals surface area contributed by atoms with Crippen LogP contribution in [0.5, 0.6) is 0 Å². The molecule has 2 heterocycles. The van der Waals surface area contributed by atoms with E-state index < -0.39 is 0 Å². The Hall–Kier alpha value is -2.51. The highest BCUT2D eigenvalue weighted by Crippen LogP contribution is 2.08. The number of hydrogen-bond acceptors (Lipinski definition) is 2. The lowest BCUT2D eigenvalue weighted by Crippen LogP contribution is -2.16. The second-order valence-electron chi connectivity index (χ2n) is 3.90. The number of H-pyrrole nitrogens is 1. The van der Waals surface area contributed by atoms with E-state index in [1.165, 1.54) is 10.9 Å². The highest BCUT2D eigenvalue weighted by Gasteiger charge is 2.02. The monoisotopic (exact) mass is 269 g/mol. The summed E-state index contributed by atoms with van der Waals surface area (Å²) in [5.74, 6) is 2.89. The van der Waals surface area contributed by atoms with E-state index in [1.54, 1.807) is 36.5 Å². The minimum atomic E-state index is -0.187. The Kier molecular flexibility index (Phi) is 2.82. The summed E-state index contributed by atoms with van der Waals surface area (Å²) >= 11 is 5.79. The molecular weight excluding hydrogens is 262 g/mol. The number of hydrogen-bond donors (Lipinski definition) is 1. The second kappa shape index (κ2) is 4.63. The van der Waals surface area contributed by atoms with Crippen LogP contribution >= 0.6 is 11.6 Å². The number of halogens is 1. The first-order valence-corrected chi connectivity index (χ1v) is 5.94. The molecule has 0 aliphatic rings. The van der Waals surface area contributed by atoms with Crippen molar-refractivity contribution in [3.63, 3.8) is 0 Å². The molecule has 0 saturated heterocycles. The van der Waals surface area contributed by atoms with E-state index in [0.717, 1.165) is 5.56 Å². The van der Waals surface area contributed by atoms with Crippen LogP contribution in [0.3, 0.4) is 0 Å². The predicted molar refractivity (Wildman–Crippen MR) is 74.1 cm³/mol. The lowest BCUT2D eigenvalue weighted by atomic mass is 10.2. The molecule has 0 radical (unpaired) electrons. The second-order valence-corrected chi connectivity index (χ2v) is 4.34. The van der Waals surface area contributed by atoms with Crippen molar-refractivity contribution < 1.29 is 0 Å². The lowest BCUT2D eigenvalue weighted by molar-refractivity contribution is 1.000. The highest BCUT2D eigenvalue weighted by molar-refractivity contribution is 6.30. The maximum atomic E-state index is 12.0. The van der Waals surface area contributed by atoms with E-state index in [2.05, 4.69) is 21.9 Å². The molecule has 5 heteroatoms. The fraction of sp³-hybridized carbons (Fsp3) is 0. The van der Waals surface area contributed by atoms with Gasteiger partial charge < -0.3 is 4.98 Å². The molecule has 1 aromatic carbocycles. The minimum Gasteiger partial charge on any atom is -0.346 e. The number of fused-ring (bicyclic) bond motifs is 1. The van der Waals surface area contributed by atoms with Crippen LogP contribution in [0.25, 0.3) is 11.0 Å². The quantitative estimate of drug-likeness (QED) is 0.636. The van der Waals surface area contributed by atoms with Gasteiger partial charge in [0.05, 0.1) is 5.39 Å². The zero-order valence-electron chi connectivity index (χ0n) is 9.72. The van der Waals surface area contributed by atoms with Gasteiger partial charge in [0.25, 0.3) is 5.56 Å². The Labute approximate surface area is 113 Å². The van der Waals surface area contributed by atoms with Crippen LogP contribution in [0.15, 0.2) is 47.7 Å². The molecule has 92 valence electrons. The summed E-state index contributed by atoms with van der Waals surface area (Å²) < 4.78 is 1.27. The van der Waals surface area contributed by atoms with Crippen molar-refractivity contribution in [3.05, 3.63) is 63.8 Å². The highest BCUT2D eigenvalue weighted by atomic mass is 35.5. The van der Waals surface area contributed by atoms with Crippen molar-refractivity contribution in [1.29, 1.82) is 0 Å². The molecule has 0 atom stereocenters. The Morgan fingerprint density at radius 3 is 2.79 bits per heavy atom. The summed E-state index contributed by atoms with van der Waals surface area (Å²) in [6, 6.07) is 11.5. The summed E-state index contributed by atoms with van der Waals surface area (Å²) in [5, 5.41) is 1.17. The third-order valence-electron chi connectivity index (χ3n) is 2.64. The molecule has 0 saturated carbocycles. The molecule has 4 nitrogen and oxygen atoms in total. The molecule has 0 fully saturated rings. The standard InChI is InChI=1S/C14H8ClN3O/c15-11-3-1-10(2-4-11)6-8-18-9-17-13-12(14(18)19)5-7-16-13/h1-5,7,9,16H.